The summed E-state index contributed by atoms with van der Waals surface area (Å²) in [5.41, 5.74) is 2.30. The molecule has 3 rings (SSSR count). The van der Waals surface area contributed by atoms with Gasteiger partial charge in [0.15, 0.2) is 0 Å². The number of aryl methyl sites for hydroxylation is 1. The Hall–Kier alpha value is -3.43. The molecule has 0 aromatic heterocycles. The van der Waals surface area contributed by atoms with Crippen molar-refractivity contribution in [1.29, 1.82) is 0 Å². The molecule has 1 atom stereocenters. The summed E-state index contributed by atoms with van der Waals surface area (Å²) < 4.78 is 40.3. The van der Waals surface area contributed by atoms with E-state index in [4.69, 9.17) is 11.6 Å². The third kappa shape index (κ3) is 7.79. The molecule has 0 heterocycles. The van der Waals surface area contributed by atoms with Crippen LogP contribution >= 0.6 is 11.6 Å². The van der Waals surface area contributed by atoms with Gasteiger partial charge < -0.3 is 10.2 Å². The van der Waals surface area contributed by atoms with Crippen molar-refractivity contribution in [3.63, 3.8) is 0 Å². The van der Waals surface area contributed by atoms with E-state index in [9.17, 15) is 22.4 Å². The first-order chi connectivity index (χ1) is 18.0. The summed E-state index contributed by atoms with van der Waals surface area (Å²) >= 11 is 6.15. The maximum absolute atomic E-state index is 13.9. The number of carbonyl (C=O) groups is 2. The fourth-order valence-corrected chi connectivity index (χ4v) is 5.14. The van der Waals surface area contributed by atoms with E-state index in [1.165, 1.54) is 35.2 Å². The van der Waals surface area contributed by atoms with Gasteiger partial charge in [0.05, 0.1) is 11.9 Å². The number of nitrogens with zero attached hydrogens (tertiary/aromatic N) is 2. The molecular formula is C28H31ClFN3O4S. The van der Waals surface area contributed by atoms with Crippen molar-refractivity contribution in [2.24, 2.45) is 0 Å². The highest BCUT2D eigenvalue weighted by Gasteiger charge is 2.33. The number of anilines is 1. The Morgan fingerprint density at radius 3 is 2.26 bits per heavy atom. The summed E-state index contributed by atoms with van der Waals surface area (Å²) in [7, 11) is -3.90. The number of halogens is 2. The van der Waals surface area contributed by atoms with Gasteiger partial charge in [-0.2, -0.15) is 0 Å². The summed E-state index contributed by atoms with van der Waals surface area (Å²) in [5.74, 6) is -1.40. The Labute approximate surface area is 228 Å². The van der Waals surface area contributed by atoms with Crippen LogP contribution in [-0.4, -0.2) is 50.5 Å². The van der Waals surface area contributed by atoms with Crippen LogP contribution in [0.2, 0.25) is 5.02 Å². The van der Waals surface area contributed by atoms with Crippen molar-refractivity contribution in [1.82, 2.24) is 10.2 Å². The van der Waals surface area contributed by atoms with Crippen LogP contribution in [0.5, 0.6) is 0 Å². The van der Waals surface area contributed by atoms with Gasteiger partial charge in [-0.25, -0.2) is 12.8 Å². The molecule has 1 N–H and O–H groups in total. The molecule has 0 bridgehead atoms. The Morgan fingerprint density at radius 2 is 1.66 bits per heavy atom. The standard InChI is InChI=1S/C28H31ClFN3O4S/c1-4-31-28(35)26(16-21-8-6-5-7-9-21)32(18-22-11-14-24(30)15-12-22)27(34)19-33(38(3,36)37)25-17-23(29)13-10-20(25)2/h5-15,17,26H,4,16,18-19H2,1-3H3,(H,31,35)/t26-/m0/s1. The predicted octanol–water partition coefficient (Wildman–Crippen LogP) is 4.33. The molecule has 0 saturated heterocycles. The average molecular weight is 560 g/mol. The lowest BCUT2D eigenvalue weighted by Crippen LogP contribution is -2.53. The van der Waals surface area contributed by atoms with Crippen LogP contribution in [0, 0.1) is 12.7 Å². The second kappa shape index (κ2) is 12.9. The fourth-order valence-electron chi connectivity index (χ4n) is 4.08. The maximum Gasteiger partial charge on any atom is 0.244 e. The van der Waals surface area contributed by atoms with Gasteiger partial charge in [0.1, 0.15) is 18.4 Å². The maximum atomic E-state index is 13.9. The van der Waals surface area contributed by atoms with Crippen molar-refractivity contribution in [3.05, 3.63) is 100 Å². The summed E-state index contributed by atoms with van der Waals surface area (Å²) in [5, 5.41) is 3.10. The second-order valence-corrected chi connectivity index (χ2v) is 11.3. The first-order valence-electron chi connectivity index (χ1n) is 12.1. The Bertz CT molecular complexity index is 1370. The molecule has 38 heavy (non-hydrogen) atoms. The Kier molecular flexibility index (Phi) is 9.88. The minimum Gasteiger partial charge on any atom is -0.355 e. The normalized spacial score (nSPS) is 12.0. The van der Waals surface area contributed by atoms with Crippen molar-refractivity contribution in [2.45, 2.75) is 32.9 Å². The smallest absolute Gasteiger partial charge is 0.244 e. The number of carbonyl (C=O) groups excluding carboxylic acids is 2. The molecule has 3 aromatic rings. The van der Waals surface area contributed by atoms with E-state index in [2.05, 4.69) is 5.32 Å². The quantitative estimate of drug-likeness (QED) is 0.379. The number of rotatable bonds is 11. The first kappa shape index (κ1) is 29.1. The van der Waals surface area contributed by atoms with Gasteiger partial charge in [-0.1, -0.05) is 60.1 Å². The molecule has 0 radical (unpaired) electrons. The minimum atomic E-state index is -3.90. The van der Waals surface area contributed by atoms with E-state index in [0.717, 1.165) is 16.1 Å². The average Bonchev–Trinajstić information content (AvgIpc) is 2.87. The van der Waals surface area contributed by atoms with Gasteiger partial charge in [-0.05, 0) is 54.8 Å². The largest absolute Gasteiger partial charge is 0.355 e. The van der Waals surface area contributed by atoms with Crippen LogP contribution in [0.3, 0.4) is 0 Å². The van der Waals surface area contributed by atoms with Crippen LogP contribution in [0.4, 0.5) is 10.1 Å². The second-order valence-electron chi connectivity index (χ2n) is 8.95. The summed E-state index contributed by atoms with van der Waals surface area (Å²) in [6.45, 7) is 3.26. The lowest BCUT2D eigenvalue weighted by molar-refractivity contribution is -0.140. The van der Waals surface area contributed by atoms with Crippen LogP contribution in [0.15, 0.2) is 72.8 Å². The number of hydrogen-bond donors (Lipinski definition) is 1. The Morgan fingerprint density at radius 1 is 1.00 bits per heavy atom. The molecule has 0 aliphatic rings. The van der Waals surface area contributed by atoms with E-state index in [0.29, 0.717) is 22.7 Å². The molecule has 10 heteroatoms. The highest BCUT2D eigenvalue weighted by molar-refractivity contribution is 7.92. The van der Waals surface area contributed by atoms with Gasteiger partial charge in [-0.15, -0.1) is 0 Å². The molecule has 0 aliphatic carbocycles. The first-order valence-corrected chi connectivity index (χ1v) is 14.3. The van der Waals surface area contributed by atoms with Crippen LogP contribution < -0.4 is 9.62 Å². The van der Waals surface area contributed by atoms with Gasteiger partial charge in [0.25, 0.3) is 0 Å². The topological polar surface area (TPSA) is 86.8 Å². The third-order valence-electron chi connectivity index (χ3n) is 6.01. The molecule has 3 aromatic carbocycles. The molecule has 0 unspecified atom stereocenters. The number of benzene rings is 3. The molecular weight excluding hydrogens is 529 g/mol. The van der Waals surface area contributed by atoms with Crippen LogP contribution in [-0.2, 0) is 32.6 Å². The summed E-state index contributed by atoms with van der Waals surface area (Å²) in [4.78, 5) is 28.5. The lowest BCUT2D eigenvalue weighted by Gasteiger charge is -2.33. The van der Waals surface area contributed by atoms with Crippen molar-refractivity contribution >= 4 is 39.1 Å². The summed E-state index contributed by atoms with van der Waals surface area (Å²) in [6.07, 6.45) is 1.21. The third-order valence-corrected chi connectivity index (χ3v) is 7.37. The van der Waals surface area contributed by atoms with Gasteiger partial charge in [-0.3, -0.25) is 13.9 Å². The molecule has 0 fully saturated rings. The van der Waals surface area contributed by atoms with Crippen molar-refractivity contribution in [3.8, 4) is 0 Å². The zero-order valence-corrected chi connectivity index (χ0v) is 23.1. The lowest BCUT2D eigenvalue weighted by atomic mass is 10.0. The molecule has 0 aliphatic heterocycles. The molecule has 2 amide bonds. The minimum absolute atomic E-state index is 0.0279. The van der Waals surface area contributed by atoms with E-state index >= 15 is 0 Å². The summed E-state index contributed by atoms with van der Waals surface area (Å²) in [6, 6.07) is 18.7. The van der Waals surface area contributed by atoms with Crippen LogP contribution in [0.1, 0.15) is 23.6 Å². The number of nitrogens with one attached hydrogen (secondary N) is 1. The molecule has 202 valence electrons. The Balaban J connectivity index is 2.06. The predicted molar refractivity (Wildman–Crippen MR) is 148 cm³/mol. The van der Waals surface area contributed by atoms with E-state index in [1.807, 2.05) is 30.3 Å². The van der Waals surface area contributed by atoms with E-state index in [-0.39, 0.29) is 24.6 Å². The highest BCUT2D eigenvalue weighted by atomic mass is 35.5. The van der Waals surface area contributed by atoms with Crippen LogP contribution in [0.25, 0.3) is 0 Å². The van der Waals surface area contributed by atoms with E-state index in [1.54, 1.807) is 26.0 Å². The highest BCUT2D eigenvalue weighted by Crippen LogP contribution is 2.27. The zero-order valence-electron chi connectivity index (χ0n) is 21.5. The number of hydrogen-bond acceptors (Lipinski definition) is 4. The van der Waals surface area contributed by atoms with Crippen molar-refractivity contribution < 1.29 is 22.4 Å². The molecule has 0 spiro atoms. The number of sulfonamides is 1. The molecule has 7 nitrogen and oxygen atoms in total. The molecule has 0 saturated carbocycles. The van der Waals surface area contributed by atoms with E-state index < -0.39 is 34.3 Å². The monoisotopic (exact) mass is 559 g/mol. The SMILES string of the molecule is CCNC(=O)[C@H](Cc1ccccc1)N(Cc1ccc(F)cc1)C(=O)CN(c1cc(Cl)ccc1C)S(C)(=O)=O. The van der Waals surface area contributed by atoms with Gasteiger partial charge in [0.2, 0.25) is 21.8 Å². The van der Waals surface area contributed by atoms with Crippen molar-refractivity contribution in [2.75, 3.05) is 23.7 Å². The van der Waals surface area contributed by atoms with Gasteiger partial charge >= 0.3 is 0 Å². The number of likely N-dealkylation sites (N-methyl/N-ethyl adjacent to an activating group) is 1. The zero-order chi connectivity index (χ0) is 27.9. The number of amides is 2. The van der Waals surface area contributed by atoms with Gasteiger partial charge in [0, 0.05) is 24.5 Å². The fraction of sp³-hybridized carbons (Fsp3) is 0.286.